The highest BCUT2D eigenvalue weighted by molar-refractivity contribution is 6.02. The maximum atomic E-state index is 13.4. The number of nitrogens with one attached hydrogen (secondary N) is 3. The monoisotopic (exact) mass is 452 g/mol. The first-order chi connectivity index (χ1) is 16.0. The standard InChI is InChI=1S/C24H25FN4O4/c1-32-21-12-8-18(9-13-21)27-23(30)26-14-15-29(20-10-6-17(25)7-11-20)24(31)28-19-4-3-5-22(16-19)33-2/h3-13,16H,14-15H2,1-2H3,(H,28,31)(H2,26,27,30). The highest BCUT2D eigenvalue weighted by Gasteiger charge is 2.17. The van der Waals surface area contributed by atoms with E-state index in [4.69, 9.17) is 9.47 Å². The van der Waals surface area contributed by atoms with Crippen molar-refractivity contribution in [3.05, 3.63) is 78.6 Å². The summed E-state index contributed by atoms with van der Waals surface area (Å²) >= 11 is 0. The van der Waals surface area contributed by atoms with Crippen LogP contribution in [-0.4, -0.2) is 39.4 Å². The fourth-order valence-electron chi connectivity index (χ4n) is 2.99. The second-order valence-electron chi connectivity index (χ2n) is 6.90. The number of carbonyl (C=O) groups is 2. The number of carbonyl (C=O) groups excluding carboxylic acids is 2. The second kappa shape index (κ2) is 11.4. The molecule has 3 rings (SSSR count). The van der Waals surface area contributed by atoms with Gasteiger partial charge in [0.1, 0.15) is 17.3 Å². The first-order valence-electron chi connectivity index (χ1n) is 10.2. The molecule has 0 heterocycles. The van der Waals surface area contributed by atoms with Crippen molar-refractivity contribution < 1.29 is 23.5 Å². The van der Waals surface area contributed by atoms with E-state index in [9.17, 15) is 14.0 Å². The van der Waals surface area contributed by atoms with Crippen molar-refractivity contribution in [2.75, 3.05) is 42.8 Å². The van der Waals surface area contributed by atoms with Gasteiger partial charge in [-0.15, -0.1) is 0 Å². The van der Waals surface area contributed by atoms with Gasteiger partial charge in [0.15, 0.2) is 0 Å². The Hall–Kier alpha value is -4.27. The van der Waals surface area contributed by atoms with E-state index in [0.717, 1.165) is 0 Å². The molecule has 0 saturated carbocycles. The minimum atomic E-state index is -0.438. The molecule has 8 nitrogen and oxygen atoms in total. The third-order valence-electron chi connectivity index (χ3n) is 4.67. The molecular formula is C24H25FN4O4. The molecule has 0 radical (unpaired) electrons. The van der Waals surface area contributed by atoms with E-state index in [1.54, 1.807) is 55.6 Å². The van der Waals surface area contributed by atoms with Gasteiger partial charge in [-0.25, -0.2) is 14.0 Å². The smallest absolute Gasteiger partial charge is 0.326 e. The quantitative estimate of drug-likeness (QED) is 0.462. The predicted molar refractivity (Wildman–Crippen MR) is 126 cm³/mol. The van der Waals surface area contributed by atoms with Crippen molar-refractivity contribution in [3.63, 3.8) is 0 Å². The van der Waals surface area contributed by atoms with Gasteiger partial charge in [0.05, 0.1) is 14.2 Å². The summed E-state index contributed by atoms with van der Waals surface area (Å²) < 4.78 is 23.7. The van der Waals surface area contributed by atoms with Crippen molar-refractivity contribution >= 4 is 29.1 Å². The van der Waals surface area contributed by atoms with Crippen LogP contribution in [0.2, 0.25) is 0 Å². The first kappa shape index (κ1) is 23.4. The normalized spacial score (nSPS) is 10.2. The lowest BCUT2D eigenvalue weighted by atomic mass is 10.2. The molecule has 0 unspecified atom stereocenters. The van der Waals surface area contributed by atoms with Crippen molar-refractivity contribution in [2.45, 2.75) is 0 Å². The van der Waals surface area contributed by atoms with Gasteiger partial charge in [0.25, 0.3) is 0 Å². The zero-order valence-corrected chi connectivity index (χ0v) is 18.3. The van der Waals surface area contributed by atoms with Crippen LogP contribution >= 0.6 is 0 Å². The molecule has 0 fully saturated rings. The van der Waals surface area contributed by atoms with Gasteiger partial charge in [-0.3, -0.25) is 4.90 Å². The van der Waals surface area contributed by atoms with Gasteiger partial charge < -0.3 is 25.4 Å². The summed E-state index contributed by atoms with van der Waals surface area (Å²) in [6.07, 6.45) is 0. The summed E-state index contributed by atoms with van der Waals surface area (Å²) in [6, 6.07) is 18.5. The lowest BCUT2D eigenvalue weighted by molar-refractivity contribution is 0.250. The van der Waals surface area contributed by atoms with Crippen LogP contribution in [0.25, 0.3) is 0 Å². The lowest BCUT2D eigenvalue weighted by Crippen LogP contribution is -2.42. The molecule has 0 aromatic heterocycles. The Balaban J connectivity index is 1.63. The second-order valence-corrected chi connectivity index (χ2v) is 6.90. The summed E-state index contributed by atoms with van der Waals surface area (Å²) in [5, 5.41) is 8.21. The van der Waals surface area contributed by atoms with Crippen molar-refractivity contribution in [2.24, 2.45) is 0 Å². The molecule has 0 aliphatic heterocycles. The molecule has 0 atom stereocenters. The number of methoxy groups -OCH3 is 2. The Morgan fingerprint density at radius 3 is 2.21 bits per heavy atom. The van der Waals surface area contributed by atoms with Crippen LogP contribution in [0.15, 0.2) is 72.8 Å². The number of amides is 4. The Bertz CT molecular complexity index is 1070. The number of ether oxygens (including phenoxy) is 2. The highest BCUT2D eigenvalue weighted by Crippen LogP contribution is 2.20. The summed E-state index contributed by atoms with van der Waals surface area (Å²) in [6.45, 7) is 0.308. The largest absolute Gasteiger partial charge is 0.497 e. The highest BCUT2D eigenvalue weighted by atomic mass is 19.1. The number of anilines is 3. The number of halogens is 1. The number of benzene rings is 3. The first-order valence-corrected chi connectivity index (χ1v) is 10.2. The fraction of sp³-hybridized carbons (Fsp3) is 0.167. The van der Waals surface area contributed by atoms with E-state index in [-0.39, 0.29) is 13.1 Å². The third kappa shape index (κ3) is 6.86. The van der Waals surface area contributed by atoms with Gasteiger partial charge in [-0.05, 0) is 60.7 Å². The lowest BCUT2D eigenvalue weighted by Gasteiger charge is -2.23. The third-order valence-corrected chi connectivity index (χ3v) is 4.67. The fourth-order valence-corrected chi connectivity index (χ4v) is 2.99. The number of hydrogen-bond acceptors (Lipinski definition) is 4. The minimum absolute atomic E-state index is 0.150. The molecule has 172 valence electrons. The molecule has 0 bridgehead atoms. The van der Waals surface area contributed by atoms with Gasteiger partial charge >= 0.3 is 12.1 Å². The molecule has 9 heteroatoms. The van der Waals surface area contributed by atoms with Gasteiger partial charge in [0.2, 0.25) is 0 Å². The van der Waals surface area contributed by atoms with Crippen LogP contribution in [0.4, 0.5) is 31.0 Å². The predicted octanol–water partition coefficient (Wildman–Crippen LogP) is 4.70. The van der Waals surface area contributed by atoms with E-state index in [1.165, 1.54) is 36.3 Å². The average Bonchev–Trinajstić information content (AvgIpc) is 2.83. The van der Waals surface area contributed by atoms with Gasteiger partial charge in [-0.1, -0.05) is 6.07 Å². The summed E-state index contributed by atoms with van der Waals surface area (Å²) in [5.74, 6) is 0.861. The molecule has 33 heavy (non-hydrogen) atoms. The van der Waals surface area contributed by atoms with E-state index in [0.29, 0.717) is 28.6 Å². The maximum Gasteiger partial charge on any atom is 0.326 e. The number of urea groups is 2. The number of rotatable bonds is 8. The van der Waals surface area contributed by atoms with E-state index in [1.807, 2.05) is 0 Å². The summed E-state index contributed by atoms with van der Waals surface area (Å²) in [4.78, 5) is 26.6. The van der Waals surface area contributed by atoms with Crippen LogP contribution in [0.5, 0.6) is 11.5 Å². The number of nitrogens with zero attached hydrogens (tertiary/aromatic N) is 1. The zero-order valence-electron chi connectivity index (χ0n) is 18.3. The average molecular weight is 452 g/mol. The molecule has 0 spiro atoms. The summed E-state index contributed by atoms with van der Waals surface area (Å²) in [7, 11) is 3.10. The van der Waals surface area contributed by atoms with Gasteiger partial charge in [0, 0.05) is 36.2 Å². The Morgan fingerprint density at radius 2 is 1.55 bits per heavy atom. The van der Waals surface area contributed by atoms with Crippen molar-refractivity contribution in [1.82, 2.24) is 5.32 Å². The Labute approximate surface area is 191 Å². The Kier molecular flexibility index (Phi) is 8.07. The van der Waals surface area contributed by atoms with E-state index < -0.39 is 17.9 Å². The molecule has 4 amide bonds. The van der Waals surface area contributed by atoms with Crippen LogP contribution in [-0.2, 0) is 0 Å². The van der Waals surface area contributed by atoms with Crippen LogP contribution in [0, 0.1) is 5.82 Å². The summed E-state index contributed by atoms with van der Waals surface area (Å²) in [5.41, 5.74) is 1.62. The molecule has 0 saturated heterocycles. The van der Waals surface area contributed by atoms with Crippen LogP contribution < -0.4 is 30.3 Å². The molecule has 3 aromatic rings. The minimum Gasteiger partial charge on any atom is -0.497 e. The topological polar surface area (TPSA) is 91.9 Å². The molecular weight excluding hydrogens is 427 g/mol. The van der Waals surface area contributed by atoms with Crippen LogP contribution in [0.1, 0.15) is 0 Å². The molecule has 3 aromatic carbocycles. The molecule has 3 N–H and O–H groups in total. The van der Waals surface area contributed by atoms with Gasteiger partial charge in [-0.2, -0.15) is 0 Å². The zero-order chi connectivity index (χ0) is 23.6. The molecule has 0 aliphatic carbocycles. The van der Waals surface area contributed by atoms with Crippen LogP contribution in [0.3, 0.4) is 0 Å². The van der Waals surface area contributed by atoms with Crippen molar-refractivity contribution in [3.8, 4) is 11.5 Å². The Morgan fingerprint density at radius 1 is 0.848 bits per heavy atom. The van der Waals surface area contributed by atoms with E-state index in [2.05, 4.69) is 16.0 Å². The number of hydrogen-bond donors (Lipinski definition) is 3. The molecule has 0 aliphatic rings. The SMILES string of the molecule is COc1ccc(NC(=O)NCCN(C(=O)Nc2cccc(OC)c2)c2ccc(F)cc2)cc1. The van der Waals surface area contributed by atoms with E-state index >= 15 is 0 Å². The maximum absolute atomic E-state index is 13.4. The van der Waals surface area contributed by atoms with Crippen molar-refractivity contribution in [1.29, 1.82) is 0 Å².